The topological polar surface area (TPSA) is 12.9 Å². The first-order valence-corrected chi connectivity index (χ1v) is 5.52. The molecule has 0 aliphatic carbocycles. The zero-order valence-corrected chi connectivity index (χ0v) is 9.90. The van der Waals surface area contributed by atoms with E-state index in [0.717, 1.165) is 16.3 Å². The molecule has 0 aliphatic rings. The number of hydrogen-bond donors (Lipinski definition) is 0. The molecule has 76 valence electrons. The van der Waals surface area contributed by atoms with Crippen molar-refractivity contribution in [3.05, 3.63) is 48.2 Å². The number of aryl methyl sites for hydroxylation is 1. The van der Waals surface area contributed by atoms with E-state index in [-0.39, 0.29) is 0 Å². The summed E-state index contributed by atoms with van der Waals surface area (Å²) < 4.78 is 0. The molecule has 0 amide bonds. The first kappa shape index (κ1) is 13.0. The van der Waals surface area contributed by atoms with Crippen LogP contribution in [0, 0.1) is 6.92 Å². The molecule has 0 unspecified atom stereocenters. The first-order chi connectivity index (χ1) is 6.74. The highest BCUT2D eigenvalue weighted by molar-refractivity contribution is 8.10. The van der Waals surface area contributed by atoms with Crippen LogP contribution in [0.2, 0.25) is 0 Å². The summed E-state index contributed by atoms with van der Waals surface area (Å²) in [5, 5.41) is 1.76. The van der Waals surface area contributed by atoms with Crippen LogP contribution in [-0.4, -0.2) is 4.98 Å². The van der Waals surface area contributed by atoms with E-state index in [9.17, 15) is 0 Å². The second kappa shape index (κ2) is 7.39. The van der Waals surface area contributed by atoms with E-state index in [1.807, 2.05) is 39.0 Å². The number of pyridine rings is 1. The molecule has 1 heterocycles. The van der Waals surface area contributed by atoms with Gasteiger partial charge in [-0.3, -0.25) is 4.98 Å². The van der Waals surface area contributed by atoms with Crippen molar-refractivity contribution in [3.8, 4) is 0 Å². The molecule has 0 N–H and O–H groups in total. The van der Waals surface area contributed by atoms with E-state index in [1.54, 1.807) is 5.41 Å². The van der Waals surface area contributed by atoms with Crippen LogP contribution in [0.4, 0.5) is 0 Å². The van der Waals surface area contributed by atoms with Crippen LogP contribution in [0.3, 0.4) is 0 Å². The maximum absolute atomic E-state index is 4.32. The third-order valence-electron chi connectivity index (χ3n) is 1.40. The van der Waals surface area contributed by atoms with E-state index >= 15 is 0 Å². The van der Waals surface area contributed by atoms with Crippen LogP contribution in [0.5, 0.6) is 0 Å². The summed E-state index contributed by atoms with van der Waals surface area (Å²) in [5.74, 6) is 0. The van der Waals surface area contributed by atoms with E-state index in [1.165, 1.54) is 11.8 Å². The Morgan fingerprint density at radius 2 is 2.07 bits per heavy atom. The maximum Gasteiger partial charge on any atom is 0.0765 e. The minimum absolute atomic E-state index is 0.930. The van der Waals surface area contributed by atoms with Crippen LogP contribution in [0.25, 0.3) is 4.91 Å². The molecule has 0 spiro atoms. The largest absolute Gasteiger partial charge is 0.253 e. The molecule has 14 heavy (non-hydrogen) atoms. The Bertz CT molecular complexity index is 305. The van der Waals surface area contributed by atoms with Crippen LogP contribution in [-0.2, 0) is 0 Å². The molecule has 1 aromatic rings. The third kappa shape index (κ3) is 4.28. The Balaban J connectivity index is 0.000000791. The lowest BCUT2D eigenvalue weighted by atomic mass is 10.3. The van der Waals surface area contributed by atoms with Gasteiger partial charge in [-0.1, -0.05) is 44.8 Å². The monoisotopic (exact) mass is 207 g/mol. The lowest BCUT2D eigenvalue weighted by molar-refractivity contribution is 1.18. The van der Waals surface area contributed by atoms with Crippen LogP contribution >= 0.6 is 11.8 Å². The van der Waals surface area contributed by atoms with E-state index < -0.39 is 0 Å². The van der Waals surface area contributed by atoms with Gasteiger partial charge in [0.2, 0.25) is 0 Å². The van der Waals surface area contributed by atoms with Gasteiger partial charge in [-0.05, 0) is 24.5 Å². The van der Waals surface area contributed by atoms with Gasteiger partial charge in [-0.15, -0.1) is 0 Å². The van der Waals surface area contributed by atoms with Gasteiger partial charge >= 0.3 is 0 Å². The Morgan fingerprint density at radius 3 is 2.57 bits per heavy atom. The molecule has 0 saturated heterocycles. The van der Waals surface area contributed by atoms with E-state index in [4.69, 9.17) is 0 Å². The molecule has 0 radical (unpaired) electrons. The molecule has 0 aliphatic heterocycles. The maximum atomic E-state index is 4.32. The Hall–Kier alpha value is -1.02. The highest BCUT2D eigenvalue weighted by Gasteiger charge is 1.97. The number of nitrogens with zero attached hydrogens (tertiary/aromatic N) is 1. The van der Waals surface area contributed by atoms with Crippen LogP contribution in [0.15, 0.2) is 36.8 Å². The van der Waals surface area contributed by atoms with Gasteiger partial charge in [-0.2, -0.15) is 0 Å². The predicted octanol–water partition coefficient (Wildman–Crippen LogP) is 4.26. The van der Waals surface area contributed by atoms with Crippen molar-refractivity contribution in [2.45, 2.75) is 20.8 Å². The molecule has 0 fully saturated rings. The number of hydrogen-bond acceptors (Lipinski definition) is 2. The molecule has 1 aromatic heterocycles. The molecule has 2 heteroatoms. The molecule has 0 saturated carbocycles. The van der Waals surface area contributed by atoms with E-state index in [0.29, 0.717) is 0 Å². The van der Waals surface area contributed by atoms with Gasteiger partial charge in [0.15, 0.2) is 0 Å². The summed E-state index contributed by atoms with van der Waals surface area (Å²) in [6, 6.07) is 5.90. The smallest absolute Gasteiger partial charge is 0.0765 e. The normalized spacial score (nSPS) is 8.50. The van der Waals surface area contributed by atoms with Crippen LogP contribution < -0.4 is 0 Å². The van der Waals surface area contributed by atoms with Crippen molar-refractivity contribution >= 4 is 16.7 Å². The first-order valence-electron chi connectivity index (χ1n) is 4.64. The summed E-state index contributed by atoms with van der Waals surface area (Å²) in [4.78, 5) is 5.26. The van der Waals surface area contributed by atoms with Crippen LogP contribution in [0.1, 0.15) is 25.2 Å². The molecule has 0 bridgehead atoms. The fourth-order valence-electron chi connectivity index (χ4n) is 0.859. The fraction of sp³-hybridized carbons (Fsp3) is 0.250. The summed E-state index contributed by atoms with van der Waals surface area (Å²) in [6.07, 6.45) is 0. The molecule has 0 atom stereocenters. The number of thioether (sulfide) groups is 1. The van der Waals surface area contributed by atoms with Gasteiger partial charge < -0.3 is 0 Å². The predicted molar refractivity (Wildman–Crippen MR) is 67.1 cm³/mol. The van der Waals surface area contributed by atoms with Crippen molar-refractivity contribution in [3.63, 3.8) is 0 Å². The number of aromatic nitrogens is 1. The molecule has 0 aromatic carbocycles. The highest BCUT2D eigenvalue weighted by atomic mass is 32.2. The van der Waals surface area contributed by atoms with Gasteiger partial charge in [0.25, 0.3) is 0 Å². The van der Waals surface area contributed by atoms with Crippen molar-refractivity contribution in [1.29, 1.82) is 0 Å². The lowest BCUT2D eigenvalue weighted by Crippen LogP contribution is -1.86. The third-order valence-corrected chi connectivity index (χ3v) is 2.06. The minimum Gasteiger partial charge on any atom is -0.253 e. The standard InChI is InChI=1S/C10H11NS.C2H6/c1-4-12-9(3)10-7-5-6-8(2)11-10;1-2/h4-7H,1,3H2,2H3;1-2H3. The second-order valence-corrected chi connectivity index (χ2v) is 3.43. The summed E-state index contributed by atoms with van der Waals surface area (Å²) in [7, 11) is 0. The summed E-state index contributed by atoms with van der Waals surface area (Å²) in [5.41, 5.74) is 1.94. The quantitative estimate of drug-likeness (QED) is 0.734. The van der Waals surface area contributed by atoms with E-state index in [2.05, 4.69) is 18.1 Å². The fourth-order valence-corrected chi connectivity index (χ4v) is 1.29. The zero-order valence-electron chi connectivity index (χ0n) is 9.08. The highest BCUT2D eigenvalue weighted by Crippen LogP contribution is 2.23. The molecular weight excluding hydrogens is 190 g/mol. The molecular formula is C12H17NS. The zero-order chi connectivity index (χ0) is 11.0. The second-order valence-electron chi connectivity index (χ2n) is 2.37. The Labute approximate surface area is 91.0 Å². The number of rotatable bonds is 3. The van der Waals surface area contributed by atoms with Crippen molar-refractivity contribution in [2.24, 2.45) is 0 Å². The Morgan fingerprint density at radius 1 is 1.43 bits per heavy atom. The minimum atomic E-state index is 0.930. The van der Waals surface area contributed by atoms with Gasteiger partial charge in [0, 0.05) is 10.6 Å². The molecule has 1 rings (SSSR count). The molecule has 1 nitrogen and oxygen atoms in total. The van der Waals surface area contributed by atoms with Gasteiger partial charge in [0.1, 0.15) is 0 Å². The Kier molecular flexibility index (Phi) is 6.85. The lowest BCUT2D eigenvalue weighted by Gasteiger charge is -2.01. The van der Waals surface area contributed by atoms with Crippen molar-refractivity contribution in [1.82, 2.24) is 4.98 Å². The van der Waals surface area contributed by atoms with Gasteiger partial charge in [-0.25, -0.2) is 0 Å². The van der Waals surface area contributed by atoms with Crippen molar-refractivity contribution < 1.29 is 0 Å². The average Bonchev–Trinajstić information content (AvgIpc) is 2.21. The SMILES string of the molecule is C=CSC(=C)c1cccc(C)n1.CC. The summed E-state index contributed by atoms with van der Waals surface area (Å²) >= 11 is 1.50. The average molecular weight is 207 g/mol. The summed E-state index contributed by atoms with van der Waals surface area (Å²) in [6.45, 7) is 13.5. The van der Waals surface area contributed by atoms with Crippen molar-refractivity contribution in [2.75, 3.05) is 0 Å². The van der Waals surface area contributed by atoms with Gasteiger partial charge in [0.05, 0.1) is 5.69 Å².